The summed E-state index contributed by atoms with van der Waals surface area (Å²) in [6, 6.07) is 0. The van der Waals surface area contributed by atoms with Crippen LogP contribution in [0, 0.1) is 6.92 Å². The zero-order valence-electron chi connectivity index (χ0n) is 14.0. The van der Waals surface area contributed by atoms with E-state index in [-0.39, 0.29) is 17.1 Å². The average molecular weight is 290 g/mol. The van der Waals surface area contributed by atoms with Gasteiger partial charge in [-0.05, 0) is 52.0 Å². The van der Waals surface area contributed by atoms with E-state index in [0.717, 1.165) is 41.7 Å². The average Bonchev–Trinajstić information content (AvgIpc) is 2.31. The van der Waals surface area contributed by atoms with Crippen LogP contribution in [0.5, 0.6) is 11.5 Å². The molecule has 0 saturated heterocycles. The van der Waals surface area contributed by atoms with E-state index in [4.69, 9.17) is 4.74 Å². The monoisotopic (exact) mass is 290 g/mol. The van der Waals surface area contributed by atoms with Crippen molar-refractivity contribution in [2.24, 2.45) is 0 Å². The van der Waals surface area contributed by atoms with Crippen LogP contribution in [-0.4, -0.2) is 16.5 Å². The number of carbonyl (C=O) groups excluding carboxylic acids is 1. The number of phenolic OH excluding ortho intramolecular Hbond substituents is 1. The molecule has 1 unspecified atom stereocenters. The molecule has 21 heavy (non-hydrogen) atoms. The van der Waals surface area contributed by atoms with Crippen LogP contribution in [-0.2, 0) is 6.42 Å². The van der Waals surface area contributed by atoms with Gasteiger partial charge >= 0.3 is 0 Å². The van der Waals surface area contributed by atoms with Gasteiger partial charge in [0.15, 0.2) is 5.78 Å². The van der Waals surface area contributed by atoms with E-state index in [1.807, 2.05) is 6.92 Å². The minimum atomic E-state index is -0.245. The Kier molecular flexibility index (Phi) is 4.05. The Morgan fingerprint density at radius 2 is 2.05 bits per heavy atom. The predicted molar refractivity (Wildman–Crippen MR) is 84.6 cm³/mol. The third kappa shape index (κ3) is 2.66. The van der Waals surface area contributed by atoms with Gasteiger partial charge in [-0.2, -0.15) is 0 Å². The fourth-order valence-corrected chi connectivity index (χ4v) is 3.68. The molecule has 0 amide bonds. The van der Waals surface area contributed by atoms with E-state index in [0.29, 0.717) is 11.5 Å². The van der Waals surface area contributed by atoms with E-state index in [9.17, 15) is 9.90 Å². The third-order valence-corrected chi connectivity index (χ3v) is 4.34. The number of fused-ring (bicyclic) bond motifs is 1. The van der Waals surface area contributed by atoms with Gasteiger partial charge in [0.2, 0.25) is 0 Å². The van der Waals surface area contributed by atoms with Gasteiger partial charge in [-0.1, -0.05) is 20.3 Å². The smallest absolute Gasteiger partial charge is 0.163 e. The minimum Gasteiger partial charge on any atom is -0.507 e. The van der Waals surface area contributed by atoms with Crippen molar-refractivity contribution in [2.45, 2.75) is 72.3 Å². The second kappa shape index (κ2) is 5.36. The Morgan fingerprint density at radius 3 is 2.57 bits per heavy atom. The molecule has 3 nitrogen and oxygen atoms in total. The molecule has 1 aliphatic heterocycles. The van der Waals surface area contributed by atoms with Gasteiger partial charge in [0.1, 0.15) is 17.1 Å². The fourth-order valence-electron chi connectivity index (χ4n) is 3.68. The second-order valence-corrected chi connectivity index (χ2v) is 6.84. The van der Waals surface area contributed by atoms with Gasteiger partial charge in [-0.25, -0.2) is 0 Å². The van der Waals surface area contributed by atoms with Gasteiger partial charge < -0.3 is 9.84 Å². The van der Waals surface area contributed by atoms with E-state index in [1.54, 1.807) is 0 Å². The Hall–Kier alpha value is -1.51. The molecule has 0 saturated carbocycles. The van der Waals surface area contributed by atoms with Crippen LogP contribution < -0.4 is 4.74 Å². The topological polar surface area (TPSA) is 46.5 Å². The summed E-state index contributed by atoms with van der Waals surface area (Å²) < 4.78 is 6.20. The molecular weight excluding hydrogens is 264 g/mol. The Morgan fingerprint density at radius 1 is 1.43 bits per heavy atom. The normalized spacial score (nSPS) is 19.8. The maximum atomic E-state index is 12.0. The van der Waals surface area contributed by atoms with Crippen molar-refractivity contribution in [3.8, 4) is 11.5 Å². The highest BCUT2D eigenvalue weighted by Gasteiger charge is 2.36. The predicted octanol–water partition coefficient (Wildman–Crippen LogP) is 4.52. The minimum absolute atomic E-state index is 0.0813. The van der Waals surface area contributed by atoms with Crippen molar-refractivity contribution < 1.29 is 14.6 Å². The maximum absolute atomic E-state index is 12.0. The van der Waals surface area contributed by atoms with Gasteiger partial charge in [0.05, 0.1) is 5.56 Å². The number of aromatic hydroxyl groups is 1. The van der Waals surface area contributed by atoms with E-state index in [1.165, 1.54) is 6.92 Å². The SMILES string of the molecule is CCCc1c(O)c(C(C)=O)c(C)c2c1OC(C)(C)CC2C. The van der Waals surface area contributed by atoms with Crippen LogP contribution >= 0.6 is 0 Å². The molecule has 1 heterocycles. The summed E-state index contributed by atoms with van der Waals surface area (Å²) in [7, 11) is 0. The van der Waals surface area contributed by atoms with E-state index >= 15 is 0 Å². The van der Waals surface area contributed by atoms with Crippen molar-refractivity contribution in [2.75, 3.05) is 0 Å². The molecule has 2 rings (SSSR count). The maximum Gasteiger partial charge on any atom is 0.163 e. The number of rotatable bonds is 3. The van der Waals surface area contributed by atoms with Crippen LogP contribution in [0.1, 0.15) is 80.4 Å². The number of carbonyl (C=O) groups is 1. The van der Waals surface area contributed by atoms with Gasteiger partial charge in [-0.15, -0.1) is 0 Å². The first-order chi connectivity index (χ1) is 9.69. The Labute approximate surface area is 127 Å². The quantitative estimate of drug-likeness (QED) is 0.832. The highest BCUT2D eigenvalue weighted by atomic mass is 16.5. The van der Waals surface area contributed by atoms with Crippen LogP contribution in [0.15, 0.2) is 0 Å². The molecule has 1 N–H and O–H groups in total. The van der Waals surface area contributed by atoms with Gasteiger partial charge in [-0.3, -0.25) is 4.79 Å². The molecule has 1 aliphatic rings. The number of phenols is 1. The first kappa shape index (κ1) is 15.9. The molecule has 0 aromatic heterocycles. The molecule has 0 aliphatic carbocycles. The lowest BCUT2D eigenvalue weighted by atomic mass is 9.79. The summed E-state index contributed by atoms with van der Waals surface area (Å²) in [5, 5.41) is 10.6. The van der Waals surface area contributed by atoms with E-state index < -0.39 is 0 Å². The van der Waals surface area contributed by atoms with E-state index in [2.05, 4.69) is 27.7 Å². The second-order valence-electron chi connectivity index (χ2n) is 6.84. The Bertz CT molecular complexity index is 585. The number of benzene rings is 1. The lowest BCUT2D eigenvalue weighted by Gasteiger charge is -2.39. The molecule has 0 radical (unpaired) electrons. The van der Waals surface area contributed by atoms with Gasteiger partial charge in [0.25, 0.3) is 0 Å². The van der Waals surface area contributed by atoms with Crippen molar-refractivity contribution in [1.82, 2.24) is 0 Å². The molecule has 0 fully saturated rings. The van der Waals surface area contributed by atoms with Crippen LogP contribution in [0.2, 0.25) is 0 Å². The first-order valence-electron chi connectivity index (χ1n) is 7.77. The number of Topliss-reactive ketones (excluding diaryl/α,β-unsaturated/α-hetero) is 1. The van der Waals surface area contributed by atoms with Crippen molar-refractivity contribution in [1.29, 1.82) is 0 Å². The molecular formula is C18H26O3. The zero-order valence-corrected chi connectivity index (χ0v) is 14.0. The van der Waals surface area contributed by atoms with Crippen molar-refractivity contribution in [3.05, 3.63) is 22.3 Å². The lowest BCUT2D eigenvalue weighted by molar-refractivity contribution is 0.0725. The molecule has 116 valence electrons. The summed E-state index contributed by atoms with van der Waals surface area (Å²) in [4.78, 5) is 12.0. The van der Waals surface area contributed by atoms with Crippen molar-refractivity contribution >= 4 is 5.78 Å². The lowest BCUT2D eigenvalue weighted by Crippen LogP contribution is -2.35. The molecule has 3 heteroatoms. The number of hydrogen-bond acceptors (Lipinski definition) is 3. The highest BCUT2D eigenvalue weighted by molar-refractivity contribution is 5.99. The van der Waals surface area contributed by atoms with Gasteiger partial charge in [0, 0.05) is 11.1 Å². The zero-order chi connectivity index (χ0) is 15.9. The fraction of sp³-hybridized carbons (Fsp3) is 0.611. The summed E-state index contributed by atoms with van der Waals surface area (Å²) in [6.07, 6.45) is 2.53. The molecule has 0 bridgehead atoms. The summed E-state index contributed by atoms with van der Waals surface area (Å²) in [6.45, 7) is 11.8. The Balaban J connectivity index is 2.79. The molecule has 1 aromatic rings. The number of ether oxygens (including phenoxy) is 1. The number of ketones is 1. The third-order valence-electron chi connectivity index (χ3n) is 4.34. The number of hydrogen-bond donors (Lipinski definition) is 1. The van der Waals surface area contributed by atoms with Crippen molar-refractivity contribution in [3.63, 3.8) is 0 Å². The summed E-state index contributed by atoms with van der Waals surface area (Å²) >= 11 is 0. The largest absolute Gasteiger partial charge is 0.507 e. The highest BCUT2D eigenvalue weighted by Crippen LogP contribution is 2.49. The molecule has 1 atom stereocenters. The van der Waals surface area contributed by atoms with Crippen LogP contribution in [0.3, 0.4) is 0 Å². The van der Waals surface area contributed by atoms with Crippen LogP contribution in [0.25, 0.3) is 0 Å². The summed E-state index contributed by atoms with van der Waals surface area (Å²) in [5.74, 6) is 1.16. The summed E-state index contributed by atoms with van der Waals surface area (Å²) in [5.41, 5.74) is 2.99. The molecule has 0 spiro atoms. The standard InChI is InChI=1S/C18H26O3/c1-7-8-13-16(20)15(12(4)19)11(3)14-10(2)9-18(5,6)21-17(13)14/h10,20H,7-9H2,1-6H3. The van der Waals surface area contributed by atoms with Crippen LogP contribution in [0.4, 0.5) is 0 Å². The molecule has 1 aromatic carbocycles. The first-order valence-corrected chi connectivity index (χ1v) is 7.77.